The van der Waals surface area contributed by atoms with Crippen LogP contribution >= 0.6 is 0 Å². The first-order chi connectivity index (χ1) is 11.3. The van der Waals surface area contributed by atoms with Crippen LogP contribution in [-0.2, 0) is 16.7 Å². The molecule has 0 radical (unpaired) electrons. The number of carboxylic acids is 1. The molecule has 0 saturated heterocycles. The van der Waals surface area contributed by atoms with Crippen LogP contribution in [0, 0.1) is 0 Å². The van der Waals surface area contributed by atoms with Gasteiger partial charge in [-0.05, 0) is 18.2 Å². The van der Waals surface area contributed by atoms with Gasteiger partial charge in [0.15, 0.2) is 18.9 Å². The minimum absolute atomic E-state index is 0.0508. The summed E-state index contributed by atoms with van der Waals surface area (Å²) in [6, 6.07) is 8.45. The monoisotopic (exact) mass is 354 g/mol. The fourth-order valence-electron chi connectivity index (χ4n) is 2.03. The van der Waals surface area contributed by atoms with E-state index < -0.39 is 27.1 Å². The Morgan fingerprint density at radius 1 is 1.21 bits per heavy atom. The number of hydrogen-bond acceptors (Lipinski definition) is 5. The van der Waals surface area contributed by atoms with Crippen LogP contribution in [0.3, 0.4) is 0 Å². The average Bonchev–Trinajstić information content (AvgIpc) is 2.52. The quantitative estimate of drug-likeness (QED) is 0.484. The van der Waals surface area contributed by atoms with Crippen molar-refractivity contribution in [1.29, 1.82) is 0 Å². The number of rotatable bonds is 7. The Labute approximate surface area is 138 Å². The standard InChI is InChI=1S/C15H15NO7S/c17-12(9-16-7-3-4-11(8-16)15(18)19)10-23-13-5-1-2-6-14(13)24(20,21)22/h1-8,12,17H,9-10H2,(H-,18,19,20,21,22)/p+1. The number of benzene rings is 1. The molecule has 0 spiro atoms. The number of hydrogen-bond donors (Lipinski definition) is 3. The van der Waals surface area contributed by atoms with Gasteiger partial charge in [-0.15, -0.1) is 0 Å². The predicted molar refractivity (Wildman–Crippen MR) is 81.4 cm³/mol. The smallest absolute Gasteiger partial charge is 0.341 e. The van der Waals surface area contributed by atoms with Gasteiger partial charge in [-0.25, -0.2) is 9.36 Å². The van der Waals surface area contributed by atoms with E-state index in [1.807, 2.05) is 0 Å². The third-order valence-electron chi connectivity index (χ3n) is 3.09. The van der Waals surface area contributed by atoms with E-state index in [2.05, 4.69) is 0 Å². The zero-order valence-corrected chi connectivity index (χ0v) is 13.3. The maximum atomic E-state index is 11.2. The van der Waals surface area contributed by atoms with E-state index in [0.717, 1.165) is 0 Å². The molecule has 3 N–H and O–H groups in total. The molecule has 0 saturated carbocycles. The van der Waals surface area contributed by atoms with Gasteiger partial charge in [0.25, 0.3) is 10.1 Å². The van der Waals surface area contributed by atoms with Crippen LogP contribution in [0.4, 0.5) is 0 Å². The molecule has 1 unspecified atom stereocenters. The summed E-state index contributed by atoms with van der Waals surface area (Å²) in [6.45, 7) is -0.188. The fraction of sp³-hybridized carbons (Fsp3) is 0.200. The maximum Gasteiger partial charge on any atom is 0.341 e. The summed E-state index contributed by atoms with van der Waals surface area (Å²) >= 11 is 0. The van der Waals surface area contributed by atoms with Gasteiger partial charge >= 0.3 is 5.97 Å². The van der Waals surface area contributed by atoms with Gasteiger partial charge < -0.3 is 14.9 Å². The molecule has 24 heavy (non-hydrogen) atoms. The molecule has 0 amide bonds. The van der Waals surface area contributed by atoms with Crippen molar-refractivity contribution < 1.29 is 37.3 Å². The van der Waals surface area contributed by atoms with Crippen molar-refractivity contribution in [2.24, 2.45) is 0 Å². The number of carboxylic acid groups (broad SMARTS) is 1. The topological polar surface area (TPSA) is 125 Å². The van der Waals surface area contributed by atoms with E-state index in [9.17, 15) is 18.3 Å². The Hall–Kier alpha value is -2.49. The second-order valence-electron chi connectivity index (χ2n) is 4.98. The number of aliphatic hydroxyl groups excluding tert-OH is 1. The number of pyridine rings is 1. The lowest BCUT2D eigenvalue weighted by Crippen LogP contribution is -2.42. The SMILES string of the molecule is O=C(O)c1ccc[n+](CC(O)COc2ccccc2S(=O)(=O)O)c1. The number of aliphatic hydroxyl groups is 1. The average molecular weight is 354 g/mol. The minimum Gasteiger partial charge on any atom is -0.489 e. The highest BCUT2D eigenvalue weighted by Gasteiger charge is 2.19. The lowest BCUT2D eigenvalue weighted by atomic mass is 10.3. The molecule has 0 aliphatic heterocycles. The highest BCUT2D eigenvalue weighted by Crippen LogP contribution is 2.22. The lowest BCUT2D eigenvalue weighted by Gasteiger charge is -2.12. The first-order valence-electron chi connectivity index (χ1n) is 6.87. The molecule has 1 atom stereocenters. The zero-order valence-electron chi connectivity index (χ0n) is 12.4. The third kappa shape index (κ3) is 4.75. The largest absolute Gasteiger partial charge is 0.489 e. The summed E-state index contributed by atoms with van der Waals surface area (Å²) < 4.78 is 38.3. The number of para-hydroxylation sites is 1. The van der Waals surface area contributed by atoms with Crippen molar-refractivity contribution in [3.05, 3.63) is 54.4 Å². The first-order valence-corrected chi connectivity index (χ1v) is 8.31. The van der Waals surface area contributed by atoms with Crippen molar-refractivity contribution in [1.82, 2.24) is 0 Å². The molecule has 128 valence electrons. The van der Waals surface area contributed by atoms with Gasteiger partial charge in [0.1, 0.15) is 28.9 Å². The Morgan fingerprint density at radius 3 is 2.58 bits per heavy atom. The summed E-state index contributed by atoms with van der Waals surface area (Å²) in [5.41, 5.74) is 0.0716. The molecule has 8 nitrogen and oxygen atoms in total. The number of aromatic carboxylic acids is 1. The van der Waals surface area contributed by atoms with Crippen LogP contribution in [-0.4, -0.2) is 41.9 Å². The van der Waals surface area contributed by atoms with Crippen LogP contribution in [0.2, 0.25) is 0 Å². The second kappa shape index (κ2) is 7.39. The van der Waals surface area contributed by atoms with Crippen LogP contribution in [0.1, 0.15) is 10.4 Å². The Balaban J connectivity index is 2.03. The predicted octanol–water partition coefficient (Wildman–Crippen LogP) is 0.359. The highest BCUT2D eigenvalue weighted by molar-refractivity contribution is 7.86. The Morgan fingerprint density at radius 2 is 1.92 bits per heavy atom. The van der Waals surface area contributed by atoms with Crippen LogP contribution in [0.25, 0.3) is 0 Å². The van der Waals surface area contributed by atoms with Crippen LogP contribution < -0.4 is 9.30 Å². The van der Waals surface area contributed by atoms with E-state index in [1.165, 1.54) is 47.2 Å². The second-order valence-corrected chi connectivity index (χ2v) is 6.37. The lowest BCUT2D eigenvalue weighted by molar-refractivity contribution is -0.703. The zero-order chi connectivity index (χ0) is 17.7. The highest BCUT2D eigenvalue weighted by atomic mass is 32.2. The Bertz CT molecular complexity index is 835. The molecule has 1 heterocycles. The minimum atomic E-state index is -4.43. The molecule has 0 aliphatic rings. The normalized spacial score (nSPS) is 12.6. The molecule has 0 aliphatic carbocycles. The number of aromatic nitrogens is 1. The van der Waals surface area contributed by atoms with Crippen molar-refractivity contribution in [3.63, 3.8) is 0 Å². The molecule has 1 aromatic carbocycles. The summed E-state index contributed by atoms with van der Waals surface area (Å²) in [5, 5.41) is 18.9. The van der Waals surface area contributed by atoms with Gasteiger partial charge in [0.2, 0.25) is 0 Å². The molecule has 1 aromatic heterocycles. The van der Waals surface area contributed by atoms with E-state index in [1.54, 1.807) is 6.20 Å². The van der Waals surface area contributed by atoms with E-state index in [-0.39, 0.29) is 24.5 Å². The molecule has 0 fully saturated rings. The number of ether oxygens (including phenoxy) is 1. The van der Waals surface area contributed by atoms with Crippen molar-refractivity contribution >= 4 is 16.1 Å². The molecular formula is C15H16NO7S+. The van der Waals surface area contributed by atoms with E-state index in [0.29, 0.717) is 0 Å². The molecule has 2 aromatic rings. The van der Waals surface area contributed by atoms with Crippen molar-refractivity contribution in [2.45, 2.75) is 17.5 Å². The van der Waals surface area contributed by atoms with Crippen LogP contribution in [0.15, 0.2) is 53.7 Å². The van der Waals surface area contributed by atoms with Gasteiger partial charge in [0, 0.05) is 6.07 Å². The summed E-state index contributed by atoms with van der Waals surface area (Å²) in [5.74, 6) is -1.17. The molecule has 0 bridgehead atoms. The van der Waals surface area contributed by atoms with Crippen molar-refractivity contribution in [2.75, 3.05) is 6.61 Å². The number of carbonyl (C=O) groups is 1. The number of nitrogens with zero attached hydrogens (tertiary/aromatic N) is 1. The third-order valence-corrected chi connectivity index (χ3v) is 3.98. The summed E-state index contributed by atoms with van der Waals surface area (Å²) in [4.78, 5) is 10.5. The Kier molecular flexibility index (Phi) is 5.50. The maximum absolute atomic E-state index is 11.2. The molecule has 9 heteroatoms. The van der Waals surface area contributed by atoms with E-state index >= 15 is 0 Å². The van der Waals surface area contributed by atoms with Gasteiger partial charge in [-0.2, -0.15) is 8.42 Å². The van der Waals surface area contributed by atoms with Gasteiger partial charge in [0.05, 0.1) is 0 Å². The molecule has 2 rings (SSSR count). The summed E-state index contributed by atoms with van der Waals surface area (Å²) in [6.07, 6.45) is 1.92. The fourth-order valence-corrected chi connectivity index (χ4v) is 2.66. The van der Waals surface area contributed by atoms with Crippen LogP contribution in [0.5, 0.6) is 5.75 Å². The van der Waals surface area contributed by atoms with Gasteiger partial charge in [-0.3, -0.25) is 4.55 Å². The molecular weight excluding hydrogens is 338 g/mol. The van der Waals surface area contributed by atoms with E-state index in [4.69, 9.17) is 14.4 Å². The van der Waals surface area contributed by atoms with Gasteiger partial charge in [-0.1, -0.05) is 12.1 Å². The summed E-state index contributed by atoms with van der Waals surface area (Å²) in [7, 11) is -4.43. The van der Waals surface area contributed by atoms with Crippen molar-refractivity contribution in [3.8, 4) is 5.75 Å². The first kappa shape index (κ1) is 17.9.